The van der Waals surface area contributed by atoms with Crippen LogP contribution in [0.4, 0.5) is 17.1 Å². The van der Waals surface area contributed by atoms with Crippen LogP contribution in [0.3, 0.4) is 0 Å². The van der Waals surface area contributed by atoms with Gasteiger partial charge in [0.15, 0.2) is 0 Å². The second-order valence-electron chi connectivity index (χ2n) is 8.07. The molecular weight excluding hydrogens is 428 g/mol. The van der Waals surface area contributed by atoms with Gasteiger partial charge in [-0.3, -0.25) is 14.4 Å². The molecule has 3 amide bonds. The molecule has 176 valence electrons. The lowest BCUT2D eigenvalue weighted by Crippen LogP contribution is -2.30. The number of para-hydroxylation sites is 1. The van der Waals surface area contributed by atoms with Crippen LogP contribution in [0.25, 0.3) is 0 Å². The number of benzene rings is 3. The van der Waals surface area contributed by atoms with Gasteiger partial charge in [-0.25, -0.2) is 0 Å². The topological polar surface area (TPSA) is 90.5 Å². The molecule has 0 aromatic heterocycles. The molecule has 0 aliphatic carbocycles. The molecule has 3 aromatic carbocycles. The number of hydrogen-bond donors (Lipinski definition) is 3. The number of carbonyl (C=O) groups excluding carboxylic acids is 3. The van der Waals surface area contributed by atoms with Crippen LogP contribution in [0.15, 0.2) is 78.9 Å². The highest BCUT2D eigenvalue weighted by molar-refractivity contribution is 6.07. The Morgan fingerprint density at radius 1 is 0.824 bits per heavy atom. The van der Waals surface area contributed by atoms with E-state index in [0.29, 0.717) is 23.4 Å². The summed E-state index contributed by atoms with van der Waals surface area (Å²) in [6.07, 6.45) is 0. The van der Waals surface area contributed by atoms with Gasteiger partial charge >= 0.3 is 0 Å². The summed E-state index contributed by atoms with van der Waals surface area (Å²) in [5.41, 5.74) is 3.14. The quantitative estimate of drug-likeness (QED) is 0.439. The molecule has 7 nitrogen and oxygen atoms in total. The third kappa shape index (κ3) is 6.68. The molecule has 0 saturated carbocycles. The van der Waals surface area contributed by atoms with Gasteiger partial charge in [0.25, 0.3) is 11.8 Å². The highest BCUT2D eigenvalue weighted by Gasteiger charge is 2.16. The van der Waals surface area contributed by atoms with Crippen LogP contribution in [0.2, 0.25) is 0 Å². The van der Waals surface area contributed by atoms with Gasteiger partial charge < -0.3 is 20.9 Å². The van der Waals surface area contributed by atoms with E-state index >= 15 is 0 Å². The molecule has 0 radical (unpaired) electrons. The Morgan fingerprint density at radius 2 is 1.53 bits per heavy atom. The minimum Gasteiger partial charge on any atom is -0.376 e. The summed E-state index contributed by atoms with van der Waals surface area (Å²) in [6.45, 7) is 6.30. The zero-order valence-electron chi connectivity index (χ0n) is 19.7. The van der Waals surface area contributed by atoms with E-state index in [4.69, 9.17) is 0 Å². The first kappa shape index (κ1) is 24.5. The molecule has 0 unspecified atom stereocenters. The Balaban J connectivity index is 1.58. The lowest BCUT2D eigenvalue weighted by Gasteiger charge is -2.21. The Morgan fingerprint density at radius 3 is 2.18 bits per heavy atom. The molecular formula is C27H30N4O3. The van der Waals surface area contributed by atoms with Crippen LogP contribution in [0.5, 0.6) is 0 Å². The summed E-state index contributed by atoms with van der Waals surface area (Å²) < 4.78 is 0. The minimum atomic E-state index is -0.248. The first-order valence-corrected chi connectivity index (χ1v) is 11.3. The number of rotatable bonds is 9. The van der Waals surface area contributed by atoms with Gasteiger partial charge in [-0.2, -0.15) is 0 Å². The highest BCUT2D eigenvalue weighted by Crippen LogP contribution is 2.19. The van der Waals surface area contributed by atoms with Crippen LogP contribution < -0.4 is 20.9 Å². The summed E-state index contributed by atoms with van der Waals surface area (Å²) in [6, 6.07) is 23.4. The first-order valence-electron chi connectivity index (χ1n) is 11.3. The lowest BCUT2D eigenvalue weighted by atomic mass is 10.1. The van der Waals surface area contributed by atoms with Crippen molar-refractivity contribution in [1.82, 2.24) is 5.32 Å². The SMILES string of the molecule is CCN(C(=O)c1cccc(NC(=O)CNc2ccc(C(=O)NC(C)C)cc2)c1)c1ccccc1. The van der Waals surface area contributed by atoms with Gasteiger partial charge in [0.05, 0.1) is 6.54 Å². The highest BCUT2D eigenvalue weighted by atomic mass is 16.2. The van der Waals surface area contributed by atoms with Crippen molar-refractivity contribution in [2.75, 3.05) is 28.6 Å². The molecule has 0 bridgehead atoms. The van der Waals surface area contributed by atoms with Gasteiger partial charge in [-0.1, -0.05) is 24.3 Å². The summed E-state index contributed by atoms with van der Waals surface area (Å²) in [5.74, 6) is -0.520. The zero-order chi connectivity index (χ0) is 24.5. The van der Waals surface area contributed by atoms with E-state index in [2.05, 4.69) is 16.0 Å². The molecule has 3 rings (SSSR count). The maximum Gasteiger partial charge on any atom is 0.258 e. The predicted molar refractivity (Wildman–Crippen MR) is 136 cm³/mol. The number of hydrogen-bond acceptors (Lipinski definition) is 4. The Hall–Kier alpha value is -4.13. The molecule has 0 aliphatic heterocycles. The number of nitrogens with one attached hydrogen (secondary N) is 3. The number of anilines is 3. The van der Waals surface area contributed by atoms with Gasteiger partial charge in [0.1, 0.15) is 0 Å². The fraction of sp³-hybridized carbons (Fsp3) is 0.222. The van der Waals surface area contributed by atoms with Crippen LogP contribution >= 0.6 is 0 Å². The van der Waals surface area contributed by atoms with E-state index < -0.39 is 0 Å². The molecule has 7 heteroatoms. The van der Waals surface area contributed by atoms with Gasteiger partial charge in [0.2, 0.25) is 5.91 Å². The van der Waals surface area contributed by atoms with Crippen LogP contribution in [-0.4, -0.2) is 36.9 Å². The van der Waals surface area contributed by atoms with Crippen molar-refractivity contribution in [3.8, 4) is 0 Å². The molecule has 0 fully saturated rings. The van der Waals surface area contributed by atoms with E-state index in [0.717, 1.165) is 11.4 Å². The summed E-state index contributed by atoms with van der Waals surface area (Å²) in [7, 11) is 0. The normalized spacial score (nSPS) is 10.5. The largest absolute Gasteiger partial charge is 0.376 e. The summed E-state index contributed by atoms with van der Waals surface area (Å²) in [4.78, 5) is 39.2. The molecule has 3 aromatic rings. The Kier molecular flexibility index (Phi) is 8.40. The third-order valence-electron chi connectivity index (χ3n) is 5.04. The predicted octanol–water partition coefficient (Wildman–Crippen LogP) is 4.54. The molecule has 0 saturated heterocycles. The van der Waals surface area contributed by atoms with E-state index in [1.165, 1.54) is 0 Å². The monoisotopic (exact) mass is 458 g/mol. The molecule has 0 aliphatic rings. The molecule has 0 heterocycles. The molecule has 34 heavy (non-hydrogen) atoms. The average molecular weight is 459 g/mol. The molecule has 0 atom stereocenters. The first-order chi connectivity index (χ1) is 16.4. The Bertz CT molecular complexity index is 1130. The second-order valence-corrected chi connectivity index (χ2v) is 8.07. The Labute approximate surface area is 200 Å². The maximum atomic E-state index is 13.0. The van der Waals surface area contributed by atoms with Crippen molar-refractivity contribution in [2.45, 2.75) is 26.8 Å². The third-order valence-corrected chi connectivity index (χ3v) is 5.04. The lowest BCUT2D eigenvalue weighted by molar-refractivity contribution is -0.114. The van der Waals surface area contributed by atoms with Crippen molar-refractivity contribution in [3.05, 3.63) is 90.0 Å². The molecule has 0 spiro atoms. The van der Waals surface area contributed by atoms with E-state index in [1.807, 2.05) is 51.1 Å². The number of carbonyl (C=O) groups is 3. The fourth-order valence-corrected chi connectivity index (χ4v) is 3.41. The van der Waals surface area contributed by atoms with Crippen LogP contribution in [-0.2, 0) is 4.79 Å². The maximum absolute atomic E-state index is 13.0. The standard InChI is InChI=1S/C27H30N4O3/c1-4-31(24-11-6-5-7-12-24)27(34)21-9-8-10-23(17-21)30-25(32)18-28-22-15-13-20(14-16-22)26(33)29-19(2)3/h5-17,19,28H,4,18H2,1-3H3,(H,29,33)(H,30,32). The molecule has 3 N–H and O–H groups in total. The van der Waals surface area contributed by atoms with Gasteiger partial charge in [-0.05, 0) is 75.4 Å². The van der Waals surface area contributed by atoms with E-state index in [1.54, 1.807) is 53.4 Å². The summed E-state index contributed by atoms with van der Waals surface area (Å²) >= 11 is 0. The van der Waals surface area contributed by atoms with Crippen molar-refractivity contribution in [2.24, 2.45) is 0 Å². The fourth-order valence-electron chi connectivity index (χ4n) is 3.41. The average Bonchev–Trinajstić information content (AvgIpc) is 2.84. The van der Waals surface area contributed by atoms with Crippen molar-refractivity contribution >= 4 is 34.8 Å². The summed E-state index contributed by atoms with van der Waals surface area (Å²) in [5, 5.41) is 8.70. The second kappa shape index (κ2) is 11.7. The van der Waals surface area contributed by atoms with Crippen molar-refractivity contribution in [3.63, 3.8) is 0 Å². The van der Waals surface area contributed by atoms with Crippen molar-refractivity contribution in [1.29, 1.82) is 0 Å². The van der Waals surface area contributed by atoms with E-state index in [-0.39, 0.29) is 30.3 Å². The number of nitrogens with zero attached hydrogens (tertiary/aromatic N) is 1. The van der Waals surface area contributed by atoms with Gasteiger partial charge in [-0.15, -0.1) is 0 Å². The zero-order valence-corrected chi connectivity index (χ0v) is 19.7. The number of amides is 3. The smallest absolute Gasteiger partial charge is 0.258 e. The van der Waals surface area contributed by atoms with Crippen molar-refractivity contribution < 1.29 is 14.4 Å². The van der Waals surface area contributed by atoms with Crippen LogP contribution in [0, 0.1) is 0 Å². The van der Waals surface area contributed by atoms with Crippen LogP contribution in [0.1, 0.15) is 41.5 Å². The minimum absolute atomic E-state index is 0.0425. The van der Waals surface area contributed by atoms with Gasteiger partial charge in [0, 0.05) is 40.8 Å². The van der Waals surface area contributed by atoms with E-state index in [9.17, 15) is 14.4 Å².